The summed E-state index contributed by atoms with van der Waals surface area (Å²) in [6, 6.07) is 20.4. The predicted molar refractivity (Wildman–Crippen MR) is 164 cm³/mol. The number of carbonyl (C=O) groups excluding carboxylic acids is 3. The lowest BCUT2D eigenvalue weighted by molar-refractivity contribution is -0.114. The topological polar surface area (TPSA) is 105 Å². The fourth-order valence-electron chi connectivity index (χ4n) is 4.67. The molecule has 0 atom stereocenters. The highest BCUT2D eigenvalue weighted by Gasteiger charge is 2.41. The van der Waals surface area contributed by atoms with E-state index >= 15 is 0 Å². The summed E-state index contributed by atoms with van der Waals surface area (Å²) in [4.78, 5) is 43.2. The van der Waals surface area contributed by atoms with Gasteiger partial charge in [0.1, 0.15) is 22.9 Å². The Morgan fingerprint density at radius 2 is 1.45 bits per heavy atom. The first-order valence-corrected chi connectivity index (χ1v) is 14.3. The summed E-state index contributed by atoms with van der Waals surface area (Å²) in [6.07, 6.45) is 3.34. The first kappa shape index (κ1) is 30.3. The van der Waals surface area contributed by atoms with Crippen LogP contribution in [-0.2, 0) is 4.79 Å². The fourth-order valence-corrected chi connectivity index (χ4v) is 4.67. The lowest BCUT2D eigenvalue weighted by Gasteiger charge is -2.18. The van der Waals surface area contributed by atoms with Crippen LogP contribution in [-0.4, -0.2) is 60.4 Å². The summed E-state index contributed by atoms with van der Waals surface area (Å²) in [7, 11) is 0. The second kappa shape index (κ2) is 14.3. The number of urea groups is 1. The third-order valence-corrected chi connectivity index (χ3v) is 7.02. The standard InChI is InChI=1S/C33H38N4O5/c1-4-20-36-30(23-24-8-14-28(15-9-24)42-29-16-10-25(11-17-29)31(34)38)32(39)37(33(36)40)26-12-18-27(19-13-26)41-22-7-21-35(5-2)6-3/h8-19,23H,4-7,20-22H2,1-3H3,(H2,34,38). The number of benzene rings is 3. The Hall–Kier alpha value is -4.63. The second-order valence-corrected chi connectivity index (χ2v) is 9.89. The summed E-state index contributed by atoms with van der Waals surface area (Å²) in [5.74, 6) is 0.960. The molecule has 1 heterocycles. The minimum Gasteiger partial charge on any atom is -0.494 e. The SMILES string of the molecule is CCCN1C(=O)N(c2ccc(OCCCN(CC)CC)cc2)C(=O)C1=Cc1ccc(Oc2ccc(C(N)=O)cc2)cc1. The third-order valence-electron chi connectivity index (χ3n) is 7.02. The van der Waals surface area contributed by atoms with Gasteiger partial charge in [-0.15, -0.1) is 0 Å². The molecule has 9 nitrogen and oxygen atoms in total. The highest BCUT2D eigenvalue weighted by Crippen LogP contribution is 2.31. The quantitative estimate of drug-likeness (QED) is 0.147. The number of primary amides is 1. The van der Waals surface area contributed by atoms with Gasteiger partial charge in [-0.2, -0.15) is 0 Å². The van der Waals surface area contributed by atoms with Gasteiger partial charge in [0, 0.05) is 18.7 Å². The lowest BCUT2D eigenvalue weighted by Crippen LogP contribution is -2.33. The van der Waals surface area contributed by atoms with Crippen molar-refractivity contribution in [2.75, 3.05) is 37.7 Å². The minimum atomic E-state index is -0.502. The second-order valence-electron chi connectivity index (χ2n) is 9.89. The number of anilines is 1. The zero-order chi connectivity index (χ0) is 30.1. The van der Waals surface area contributed by atoms with E-state index in [0.717, 1.165) is 31.6 Å². The van der Waals surface area contributed by atoms with Gasteiger partial charge in [-0.3, -0.25) is 14.5 Å². The van der Waals surface area contributed by atoms with Crippen LogP contribution in [0.15, 0.2) is 78.5 Å². The first-order chi connectivity index (χ1) is 20.3. The molecule has 0 unspecified atom stereocenters. The van der Waals surface area contributed by atoms with E-state index < -0.39 is 5.91 Å². The van der Waals surface area contributed by atoms with Gasteiger partial charge < -0.3 is 20.1 Å². The normalized spacial score (nSPS) is 14.2. The Bertz CT molecular complexity index is 1400. The maximum Gasteiger partial charge on any atom is 0.336 e. The average Bonchev–Trinajstić information content (AvgIpc) is 3.23. The number of nitrogens with zero attached hydrogens (tertiary/aromatic N) is 3. The van der Waals surface area contributed by atoms with Crippen LogP contribution in [0.2, 0.25) is 0 Å². The zero-order valence-electron chi connectivity index (χ0n) is 24.4. The molecule has 220 valence electrons. The molecule has 1 aliphatic rings. The zero-order valence-corrected chi connectivity index (χ0v) is 24.4. The van der Waals surface area contributed by atoms with Crippen molar-refractivity contribution >= 4 is 29.6 Å². The monoisotopic (exact) mass is 570 g/mol. The molecule has 4 rings (SSSR count). The minimum absolute atomic E-state index is 0.314. The van der Waals surface area contributed by atoms with E-state index in [2.05, 4.69) is 18.7 Å². The van der Waals surface area contributed by atoms with Gasteiger partial charge in [0.2, 0.25) is 5.91 Å². The Morgan fingerprint density at radius 3 is 2.02 bits per heavy atom. The summed E-state index contributed by atoms with van der Waals surface area (Å²) in [5.41, 5.74) is 7.25. The van der Waals surface area contributed by atoms with Gasteiger partial charge in [0.05, 0.1) is 12.3 Å². The Kier molecular flexibility index (Phi) is 10.3. The molecule has 0 aliphatic carbocycles. The molecule has 3 aromatic rings. The molecule has 42 heavy (non-hydrogen) atoms. The molecule has 0 spiro atoms. The number of amides is 4. The van der Waals surface area contributed by atoms with Gasteiger partial charge in [-0.1, -0.05) is 32.9 Å². The van der Waals surface area contributed by atoms with E-state index in [0.29, 0.717) is 53.8 Å². The van der Waals surface area contributed by atoms with Crippen molar-refractivity contribution in [3.63, 3.8) is 0 Å². The van der Waals surface area contributed by atoms with Gasteiger partial charge in [-0.25, -0.2) is 9.69 Å². The van der Waals surface area contributed by atoms with Crippen LogP contribution in [0.5, 0.6) is 17.2 Å². The average molecular weight is 571 g/mol. The number of imide groups is 1. The molecule has 1 saturated heterocycles. The van der Waals surface area contributed by atoms with Crippen LogP contribution >= 0.6 is 0 Å². The van der Waals surface area contributed by atoms with Gasteiger partial charge in [0.15, 0.2) is 0 Å². The van der Waals surface area contributed by atoms with Crippen LogP contribution in [0.1, 0.15) is 49.5 Å². The van der Waals surface area contributed by atoms with Crippen molar-refractivity contribution in [1.82, 2.24) is 9.80 Å². The number of nitrogens with two attached hydrogens (primary N) is 1. The summed E-state index contributed by atoms with van der Waals surface area (Å²) in [6.45, 7) is 10.3. The molecule has 0 bridgehead atoms. The van der Waals surface area contributed by atoms with Crippen LogP contribution in [0.4, 0.5) is 10.5 Å². The third kappa shape index (κ3) is 7.36. The summed E-state index contributed by atoms with van der Waals surface area (Å²) < 4.78 is 11.7. The highest BCUT2D eigenvalue weighted by molar-refractivity contribution is 6.28. The van der Waals surface area contributed by atoms with Crippen LogP contribution in [0.25, 0.3) is 6.08 Å². The van der Waals surface area contributed by atoms with E-state index in [4.69, 9.17) is 15.2 Å². The van der Waals surface area contributed by atoms with Crippen molar-refractivity contribution in [3.8, 4) is 17.2 Å². The maximum atomic E-state index is 13.5. The number of carbonyl (C=O) groups is 3. The van der Waals surface area contributed by atoms with E-state index in [1.807, 2.05) is 19.1 Å². The molecule has 1 aliphatic heterocycles. The molecule has 3 aromatic carbocycles. The van der Waals surface area contributed by atoms with Gasteiger partial charge in [0.25, 0.3) is 5.91 Å². The van der Waals surface area contributed by atoms with E-state index in [1.54, 1.807) is 66.7 Å². The molecule has 0 aromatic heterocycles. The molecule has 4 amide bonds. The van der Waals surface area contributed by atoms with Crippen molar-refractivity contribution in [1.29, 1.82) is 0 Å². The molecule has 9 heteroatoms. The summed E-state index contributed by atoms with van der Waals surface area (Å²) >= 11 is 0. The molecule has 2 N–H and O–H groups in total. The molecular weight excluding hydrogens is 532 g/mol. The predicted octanol–water partition coefficient (Wildman–Crippen LogP) is 5.91. The van der Waals surface area contributed by atoms with Crippen LogP contribution in [0.3, 0.4) is 0 Å². The molecule has 0 radical (unpaired) electrons. The van der Waals surface area contributed by atoms with Crippen molar-refractivity contribution < 1.29 is 23.9 Å². The molecular formula is C33H38N4O5. The lowest BCUT2D eigenvalue weighted by atomic mass is 10.1. The van der Waals surface area contributed by atoms with Crippen molar-refractivity contribution in [3.05, 3.63) is 89.6 Å². The van der Waals surface area contributed by atoms with Gasteiger partial charge in [-0.05, 0) is 98.2 Å². The largest absolute Gasteiger partial charge is 0.494 e. The van der Waals surface area contributed by atoms with Crippen LogP contribution < -0.4 is 20.1 Å². The molecule has 1 fully saturated rings. The molecule has 0 saturated carbocycles. The van der Waals surface area contributed by atoms with E-state index in [1.165, 1.54) is 9.80 Å². The highest BCUT2D eigenvalue weighted by atomic mass is 16.5. The maximum absolute atomic E-state index is 13.5. The first-order valence-electron chi connectivity index (χ1n) is 14.3. The Balaban J connectivity index is 1.44. The van der Waals surface area contributed by atoms with E-state index in [-0.39, 0.29) is 11.9 Å². The smallest absolute Gasteiger partial charge is 0.336 e. The number of ether oxygens (including phenoxy) is 2. The fraction of sp³-hybridized carbons (Fsp3) is 0.303. The Morgan fingerprint density at radius 1 is 0.857 bits per heavy atom. The van der Waals surface area contributed by atoms with Crippen molar-refractivity contribution in [2.24, 2.45) is 5.73 Å². The van der Waals surface area contributed by atoms with Gasteiger partial charge >= 0.3 is 6.03 Å². The van der Waals surface area contributed by atoms with Crippen molar-refractivity contribution in [2.45, 2.75) is 33.6 Å². The Labute approximate surface area is 247 Å². The number of hydrogen-bond acceptors (Lipinski definition) is 6. The summed E-state index contributed by atoms with van der Waals surface area (Å²) in [5, 5.41) is 0. The number of rotatable bonds is 14. The van der Waals surface area contributed by atoms with Crippen LogP contribution in [0, 0.1) is 0 Å². The number of hydrogen-bond donors (Lipinski definition) is 1. The van der Waals surface area contributed by atoms with E-state index in [9.17, 15) is 14.4 Å².